The van der Waals surface area contributed by atoms with Crippen molar-refractivity contribution in [2.24, 2.45) is 0 Å². The van der Waals surface area contributed by atoms with Crippen LogP contribution in [0.1, 0.15) is 0 Å². The highest BCUT2D eigenvalue weighted by Gasteiger charge is 2.21. The average molecular weight is 361 g/mol. The van der Waals surface area contributed by atoms with Crippen molar-refractivity contribution in [2.75, 3.05) is 44.2 Å². The topological polar surface area (TPSA) is 57.7 Å². The molecule has 2 aromatic rings. The molecule has 1 N–H and O–H groups in total. The Morgan fingerprint density at radius 3 is 2.60 bits per heavy atom. The van der Waals surface area contributed by atoms with E-state index in [4.69, 9.17) is 16.3 Å². The number of halogens is 1. The molecule has 0 radical (unpaired) electrons. The van der Waals surface area contributed by atoms with Crippen LogP contribution < -0.4 is 15.0 Å². The first-order chi connectivity index (χ1) is 12.2. The Bertz CT molecular complexity index is 690. The molecule has 1 fully saturated rings. The predicted molar refractivity (Wildman–Crippen MR) is 98.4 cm³/mol. The molecule has 1 aliphatic heterocycles. The normalized spacial score (nSPS) is 14.3. The van der Waals surface area contributed by atoms with Crippen molar-refractivity contribution in [1.82, 2.24) is 15.2 Å². The lowest BCUT2D eigenvalue weighted by Gasteiger charge is -2.35. The molecule has 3 rings (SSSR count). The molecule has 25 heavy (non-hydrogen) atoms. The number of nitrogens with one attached hydrogen (secondary N) is 1. The maximum atomic E-state index is 12.2. The van der Waals surface area contributed by atoms with Gasteiger partial charge in [0.05, 0.1) is 11.6 Å². The van der Waals surface area contributed by atoms with Crippen LogP contribution in [0.15, 0.2) is 48.7 Å². The number of amides is 2. The Morgan fingerprint density at radius 1 is 1.12 bits per heavy atom. The number of hydrogen-bond acceptors (Lipinski definition) is 4. The molecule has 0 spiro atoms. The minimum absolute atomic E-state index is 0.0663. The van der Waals surface area contributed by atoms with E-state index < -0.39 is 0 Å². The fraction of sp³-hybridized carbons (Fsp3) is 0.333. The van der Waals surface area contributed by atoms with Gasteiger partial charge in [0.25, 0.3) is 0 Å². The van der Waals surface area contributed by atoms with E-state index in [1.165, 1.54) is 0 Å². The number of hydrogen-bond donors (Lipinski definition) is 1. The Labute approximate surface area is 152 Å². The van der Waals surface area contributed by atoms with E-state index in [9.17, 15) is 4.79 Å². The van der Waals surface area contributed by atoms with Crippen LogP contribution in [0.3, 0.4) is 0 Å². The van der Waals surface area contributed by atoms with Gasteiger partial charge in [0.15, 0.2) is 0 Å². The summed E-state index contributed by atoms with van der Waals surface area (Å²) in [6, 6.07) is 13.1. The quantitative estimate of drug-likeness (QED) is 0.833. The lowest BCUT2D eigenvalue weighted by atomic mass is 10.3. The lowest BCUT2D eigenvalue weighted by molar-refractivity contribution is 0.191. The van der Waals surface area contributed by atoms with Crippen molar-refractivity contribution in [3.8, 4) is 5.75 Å². The first-order valence-corrected chi connectivity index (χ1v) is 8.68. The SMILES string of the molecule is O=C(NCCOc1ccccc1Cl)N1CCN(c2ccccn2)CC1. The number of ether oxygens (including phenoxy) is 1. The van der Waals surface area contributed by atoms with Crippen LogP contribution in [0.5, 0.6) is 5.75 Å². The van der Waals surface area contributed by atoms with Gasteiger partial charge in [-0.05, 0) is 24.3 Å². The third kappa shape index (κ3) is 4.76. The molecule has 1 aromatic heterocycles. The second kappa shape index (κ2) is 8.58. The van der Waals surface area contributed by atoms with E-state index in [1.807, 2.05) is 35.2 Å². The zero-order valence-corrected chi connectivity index (χ0v) is 14.7. The smallest absolute Gasteiger partial charge is 0.317 e. The lowest BCUT2D eigenvalue weighted by Crippen LogP contribution is -2.52. The Kier molecular flexibility index (Phi) is 5.95. The van der Waals surface area contributed by atoms with Crippen molar-refractivity contribution in [3.63, 3.8) is 0 Å². The predicted octanol–water partition coefficient (Wildman–Crippen LogP) is 2.65. The fourth-order valence-electron chi connectivity index (χ4n) is 2.67. The first kappa shape index (κ1) is 17.4. The number of benzene rings is 1. The monoisotopic (exact) mass is 360 g/mol. The van der Waals surface area contributed by atoms with Crippen LogP contribution >= 0.6 is 11.6 Å². The maximum Gasteiger partial charge on any atom is 0.317 e. The van der Waals surface area contributed by atoms with Gasteiger partial charge >= 0.3 is 6.03 Å². The van der Waals surface area contributed by atoms with Gasteiger partial charge in [0.1, 0.15) is 18.2 Å². The van der Waals surface area contributed by atoms with Gasteiger partial charge < -0.3 is 19.9 Å². The molecule has 1 aliphatic rings. The molecule has 0 aliphatic carbocycles. The van der Waals surface area contributed by atoms with Gasteiger partial charge in [-0.2, -0.15) is 0 Å². The average Bonchev–Trinajstić information content (AvgIpc) is 2.67. The molecule has 2 amide bonds. The summed E-state index contributed by atoms with van der Waals surface area (Å²) in [6.45, 7) is 3.72. The Balaban J connectivity index is 1.37. The van der Waals surface area contributed by atoms with Crippen LogP contribution in [0.4, 0.5) is 10.6 Å². The van der Waals surface area contributed by atoms with Gasteiger partial charge in [0, 0.05) is 32.4 Å². The Morgan fingerprint density at radius 2 is 1.88 bits per heavy atom. The number of pyridine rings is 1. The molecule has 0 bridgehead atoms. The van der Waals surface area contributed by atoms with Crippen LogP contribution in [0.25, 0.3) is 0 Å². The van der Waals surface area contributed by atoms with E-state index in [-0.39, 0.29) is 6.03 Å². The number of carbonyl (C=O) groups is 1. The highest BCUT2D eigenvalue weighted by Crippen LogP contribution is 2.22. The molecule has 2 heterocycles. The molecule has 1 saturated heterocycles. The van der Waals surface area contributed by atoms with Crippen molar-refractivity contribution in [3.05, 3.63) is 53.7 Å². The molecular weight excluding hydrogens is 340 g/mol. The Hall–Kier alpha value is -2.47. The molecule has 0 atom stereocenters. The summed E-state index contributed by atoms with van der Waals surface area (Å²) in [6.07, 6.45) is 1.79. The molecule has 6 nitrogen and oxygen atoms in total. The summed E-state index contributed by atoms with van der Waals surface area (Å²) in [7, 11) is 0. The fourth-order valence-corrected chi connectivity index (χ4v) is 2.86. The molecule has 132 valence electrons. The summed E-state index contributed by atoms with van der Waals surface area (Å²) in [5.41, 5.74) is 0. The van der Waals surface area contributed by atoms with Gasteiger partial charge in [-0.3, -0.25) is 0 Å². The van der Waals surface area contributed by atoms with Crippen molar-refractivity contribution >= 4 is 23.4 Å². The highest BCUT2D eigenvalue weighted by atomic mass is 35.5. The first-order valence-electron chi connectivity index (χ1n) is 8.30. The number of carbonyl (C=O) groups excluding carboxylic acids is 1. The number of urea groups is 1. The van der Waals surface area contributed by atoms with Crippen LogP contribution in [-0.4, -0.2) is 55.2 Å². The summed E-state index contributed by atoms with van der Waals surface area (Å²) < 4.78 is 5.57. The third-order valence-electron chi connectivity index (χ3n) is 4.01. The van der Waals surface area contributed by atoms with Crippen LogP contribution in [0, 0.1) is 0 Å². The zero-order chi connectivity index (χ0) is 17.5. The number of rotatable bonds is 5. The summed E-state index contributed by atoms with van der Waals surface area (Å²) in [5.74, 6) is 1.58. The van der Waals surface area contributed by atoms with Gasteiger partial charge in [-0.15, -0.1) is 0 Å². The molecule has 0 saturated carbocycles. The molecule has 0 unspecified atom stereocenters. The van der Waals surface area contributed by atoms with E-state index in [2.05, 4.69) is 15.2 Å². The maximum absolute atomic E-state index is 12.2. The minimum atomic E-state index is -0.0663. The number of aromatic nitrogens is 1. The molecule has 1 aromatic carbocycles. The van der Waals surface area contributed by atoms with Crippen LogP contribution in [-0.2, 0) is 0 Å². The van der Waals surface area contributed by atoms with E-state index in [1.54, 1.807) is 18.3 Å². The number of anilines is 1. The second-order valence-electron chi connectivity index (χ2n) is 5.67. The summed E-state index contributed by atoms with van der Waals surface area (Å²) in [4.78, 5) is 20.6. The van der Waals surface area contributed by atoms with Crippen molar-refractivity contribution in [2.45, 2.75) is 0 Å². The standard InChI is InChI=1S/C18H21ClN4O2/c19-15-5-1-2-6-16(15)25-14-9-21-18(24)23-12-10-22(11-13-23)17-7-3-4-8-20-17/h1-8H,9-14H2,(H,21,24). The van der Waals surface area contributed by atoms with E-state index >= 15 is 0 Å². The second-order valence-corrected chi connectivity index (χ2v) is 6.08. The molecule has 7 heteroatoms. The summed E-state index contributed by atoms with van der Waals surface area (Å²) in [5, 5.41) is 3.45. The van der Waals surface area contributed by atoms with E-state index in [0.29, 0.717) is 37.0 Å². The van der Waals surface area contributed by atoms with Crippen LogP contribution in [0.2, 0.25) is 5.02 Å². The van der Waals surface area contributed by atoms with Gasteiger partial charge in [0.2, 0.25) is 0 Å². The van der Waals surface area contributed by atoms with Crippen molar-refractivity contribution in [1.29, 1.82) is 0 Å². The number of para-hydroxylation sites is 1. The van der Waals surface area contributed by atoms with Gasteiger partial charge in [-0.25, -0.2) is 9.78 Å². The minimum Gasteiger partial charge on any atom is -0.490 e. The molecular formula is C18H21ClN4O2. The number of nitrogens with zero attached hydrogens (tertiary/aromatic N) is 3. The highest BCUT2D eigenvalue weighted by molar-refractivity contribution is 6.32. The zero-order valence-electron chi connectivity index (χ0n) is 13.9. The largest absolute Gasteiger partial charge is 0.490 e. The van der Waals surface area contributed by atoms with Crippen molar-refractivity contribution < 1.29 is 9.53 Å². The number of piperazine rings is 1. The summed E-state index contributed by atoms with van der Waals surface area (Å²) >= 11 is 6.02. The van der Waals surface area contributed by atoms with E-state index in [0.717, 1.165) is 18.9 Å². The third-order valence-corrected chi connectivity index (χ3v) is 4.32. The van der Waals surface area contributed by atoms with Gasteiger partial charge in [-0.1, -0.05) is 29.8 Å².